The smallest absolute Gasteiger partial charge is 0.319 e. The summed E-state index contributed by atoms with van der Waals surface area (Å²) in [5, 5.41) is 44.0. The number of hydrogen-bond acceptors (Lipinski definition) is 12. The fourth-order valence-corrected chi connectivity index (χ4v) is 5.80. The van der Waals surface area contributed by atoms with Crippen LogP contribution in [0.5, 0.6) is 11.5 Å². The SMILES string of the molecule is CC(=O)O.CC(=O)O.CC(=O)O.CC(=O)O.O=C(O)CCN1CCN(C(=O)c2ccc(-c3cc4nccc(Oc5ccc(NC(=O)NC6CC6)cc5F)c4s3)nc2)CC1. The van der Waals surface area contributed by atoms with Gasteiger partial charge in [-0.1, -0.05) is 0 Å². The Labute approximate surface area is 341 Å². The van der Waals surface area contributed by atoms with Crippen molar-refractivity contribution in [1.82, 2.24) is 25.1 Å². The Hall–Kier alpha value is -6.74. The molecule has 4 aromatic rings. The molecule has 0 bridgehead atoms. The molecule has 1 saturated heterocycles. The summed E-state index contributed by atoms with van der Waals surface area (Å²) in [5.74, 6) is -4.45. The van der Waals surface area contributed by atoms with E-state index in [0.29, 0.717) is 65.6 Å². The molecule has 0 spiro atoms. The van der Waals surface area contributed by atoms with Crippen LogP contribution in [0.1, 0.15) is 57.3 Å². The van der Waals surface area contributed by atoms with E-state index in [-0.39, 0.29) is 30.2 Å². The number of carbonyl (C=O) groups is 7. The number of aromatic nitrogens is 2. The second-order valence-electron chi connectivity index (χ2n) is 12.5. The standard InChI is InChI=1S/C30H29FN6O5S.4C2H4O2/c31-21-15-20(35-30(41)34-19-2-3-19)4-6-24(21)42-25-7-9-32-23-16-26(43-28(23)25)22-5-1-18(17-33-22)29(40)37-13-11-36(12-14-37)10-8-27(38)39;4*1-2(3)4/h1,4-7,9,15-17,19H,2-3,8,10-14H2,(H,38,39)(H2,34,35,41);4*1H3,(H,3,4). The maximum Gasteiger partial charge on any atom is 0.319 e. The van der Waals surface area contributed by atoms with E-state index in [0.717, 1.165) is 45.4 Å². The van der Waals surface area contributed by atoms with E-state index in [9.17, 15) is 18.8 Å². The van der Waals surface area contributed by atoms with Gasteiger partial charge in [0, 0.05) is 96.7 Å². The third-order valence-corrected chi connectivity index (χ3v) is 8.42. The van der Waals surface area contributed by atoms with Crippen LogP contribution in [0.3, 0.4) is 0 Å². The van der Waals surface area contributed by atoms with Gasteiger partial charge in [-0.25, -0.2) is 9.18 Å². The highest BCUT2D eigenvalue weighted by Crippen LogP contribution is 2.39. The monoisotopic (exact) mass is 844 g/mol. The van der Waals surface area contributed by atoms with E-state index in [1.807, 2.05) is 11.0 Å². The van der Waals surface area contributed by atoms with Crippen molar-refractivity contribution in [2.75, 3.05) is 38.0 Å². The van der Waals surface area contributed by atoms with Gasteiger partial charge in [-0.15, -0.1) is 11.3 Å². The van der Waals surface area contributed by atoms with Crippen LogP contribution in [0.25, 0.3) is 20.8 Å². The summed E-state index contributed by atoms with van der Waals surface area (Å²) < 4.78 is 21.5. The molecule has 1 aromatic carbocycles. The molecule has 0 atom stereocenters. The van der Waals surface area contributed by atoms with Gasteiger partial charge in [0.15, 0.2) is 11.6 Å². The molecule has 1 aliphatic carbocycles. The number of nitrogens with zero attached hydrogens (tertiary/aromatic N) is 4. The van der Waals surface area contributed by atoms with E-state index in [4.69, 9.17) is 49.4 Å². The zero-order valence-corrected chi connectivity index (χ0v) is 33.3. The Kier molecular flexibility index (Phi) is 19.8. The number of anilines is 1. The van der Waals surface area contributed by atoms with Crippen molar-refractivity contribution in [2.24, 2.45) is 0 Å². The van der Waals surface area contributed by atoms with Gasteiger partial charge in [0.1, 0.15) is 5.75 Å². The fraction of sp³-hybridized carbons (Fsp3) is 0.342. The number of piperazine rings is 1. The van der Waals surface area contributed by atoms with Crippen LogP contribution in [0.2, 0.25) is 0 Å². The van der Waals surface area contributed by atoms with Crippen molar-refractivity contribution in [2.45, 2.75) is 53.0 Å². The number of urea groups is 1. The van der Waals surface area contributed by atoms with Crippen molar-refractivity contribution in [1.29, 1.82) is 0 Å². The van der Waals surface area contributed by atoms with E-state index in [2.05, 4.69) is 20.6 Å². The lowest BCUT2D eigenvalue weighted by Gasteiger charge is -2.34. The van der Waals surface area contributed by atoms with Crippen LogP contribution in [0, 0.1) is 5.82 Å². The molecule has 0 radical (unpaired) electrons. The third kappa shape index (κ3) is 19.3. The van der Waals surface area contributed by atoms with E-state index in [1.165, 1.54) is 23.5 Å². The van der Waals surface area contributed by atoms with Crippen molar-refractivity contribution < 1.29 is 68.2 Å². The molecule has 1 aliphatic heterocycles. The van der Waals surface area contributed by atoms with Gasteiger partial charge in [-0.2, -0.15) is 0 Å². The van der Waals surface area contributed by atoms with Crippen LogP contribution in [0.15, 0.2) is 54.9 Å². The zero-order valence-electron chi connectivity index (χ0n) is 32.5. The predicted octanol–water partition coefficient (Wildman–Crippen LogP) is 5.17. The molecule has 0 unspecified atom stereocenters. The minimum atomic E-state index is -0.833. The average Bonchev–Trinajstić information content (AvgIpc) is 3.84. The number of ether oxygens (including phenoxy) is 1. The van der Waals surface area contributed by atoms with E-state index >= 15 is 0 Å². The number of rotatable bonds is 9. The van der Waals surface area contributed by atoms with Gasteiger partial charge < -0.3 is 45.8 Å². The minimum Gasteiger partial charge on any atom is -0.481 e. The summed E-state index contributed by atoms with van der Waals surface area (Å²) in [6.07, 6.45) is 5.14. The summed E-state index contributed by atoms with van der Waals surface area (Å²) >= 11 is 1.39. The van der Waals surface area contributed by atoms with Crippen LogP contribution < -0.4 is 15.4 Å². The molecule has 318 valence electrons. The predicted molar refractivity (Wildman–Crippen MR) is 212 cm³/mol. The molecule has 3 amide bonds. The lowest BCUT2D eigenvalue weighted by atomic mass is 10.2. The number of amides is 3. The van der Waals surface area contributed by atoms with Crippen LogP contribution in [-0.4, -0.2) is 126 Å². The number of nitrogens with one attached hydrogen (secondary N) is 2. The van der Waals surface area contributed by atoms with Crippen molar-refractivity contribution in [3.8, 4) is 22.1 Å². The molecule has 19 nitrogen and oxygen atoms in total. The Balaban J connectivity index is 0.000000644. The highest BCUT2D eigenvalue weighted by atomic mass is 32.1. The summed E-state index contributed by atoms with van der Waals surface area (Å²) in [6.45, 7) is 7.13. The van der Waals surface area contributed by atoms with Crippen molar-refractivity contribution in [3.05, 3.63) is 66.2 Å². The molecular formula is C38H45FN6O13S. The first-order valence-corrected chi connectivity index (χ1v) is 18.5. The molecule has 1 saturated carbocycles. The maximum absolute atomic E-state index is 14.9. The Bertz CT molecular complexity index is 2020. The van der Waals surface area contributed by atoms with Crippen LogP contribution in [0.4, 0.5) is 14.9 Å². The molecule has 21 heteroatoms. The largest absolute Gasteiger partial charge is 0.481 e. The molecular weight excluding hydrogens is 800 g/mol. The molecule has 4 heterocycles. The van der Waals surface area contributed by atoms with E-state index < -0.39 is 35.7 Å². The summed E-state index contributed by atoms with van der Waals surface area (Å²) in [6, 6.07) is 11.1. The number of hydrogen-bond donors (Lipinski definition) is 7. The fourth-order valence-electron chi connectivity index (χ4n) is 4.76. The number of carbonyl (C=O) groups excluding carboxylic acids is 2. The number of halogens is 1. The van der Waals surface area contributed by atoms with Gasteiger partial charge in [-0.05, 0) is 43.2 Å². The normalized spacial score (nSPS) is 12.9. The van der Waals surface area contributed by atoms with Crippen LogP contribution in [-0.2, 0) is 24.0 Å². The Morgan fingerprint density at radius 3 is 1.90 bits per heavy atom. The average molecular weight is 845 g/mol. The zero-order chi connectivity index (χ0) is 44.2. The lowest BCUT2D eigenvalue weighted by Crippen LogP contribution is -2.49. The number of pyridine rings is 2. The number of carboxylic acids is 5. The second kappa shape index (κ2) is 24.1. The molecule has 3 aromatic heterocycles. The molecule has 2 fully saturated rings. The first-order valence-electron chi connectivity index (χ1n) is 17.7. The Morgan fingerprint density at radius 1 is 0.797 bits per heavy atom. The summed E-state index contributed by atoms with van der Waals surface area (Å²) in [5.41, 5.74) is 2.13. The first kappa shape index (κ1) is 48.4. The van der Waals surface area contributed by atoms with Crippen molar-refractivity contribution in [3.63, 3.8) is 0 Å². The van der Waals surface area contributed by atoms with Gasteiger partial charge in [-0.3, -0.25) is 43.6 Å². The van der Waals surface area contributed by atoms with Gasteiger partial charge in [0.2, 0.25) is 0 Å². The highest BCUT2D eigenvalue weighted by Gasteiger charge is 2.24. The Morgan fingerprint density at radius 2 is 1.39 bits per heavy atom. The molecule has 59 heavy (non-hydrogen) atoms. The molecule has 7 N–H and O–H groups in total. The topological polar surface area (TPSA) is 286 Å². The quantitative estimate of drug-likeness (QED) is 0.114. The third-order valence-electron chi connectivity index (χ3n) is 7.26. The molecule has 2 aliphatic rings. The molecule has 6 rings (SSSR count). The number of thiophene rings is 1. The number of aliphatic carboxylic acids is 5. The maximum atomic E-state index is 14.9. The second-order valence-corrected chi connectivity index (χ2v) is 13.6. The lowest BCUT2D eigenvalue weighted by molar-refractivity contribution is -0.138. The van der Waals surface area contributed by atoms with Crippen molar-refractivity contribution >= 4 is 69.0 Å². The number of fused-ring (bicyclic) bond motifs is 1. The van der Waals surface area contributed by atoms with Gasteiger partial charge in [0.25, 0.3) is 29.8 Å². The number of benzene rings is 1. The van der Waals surface area contributed by atoms with Gasteiger partial charge in [0.05, 0.1) is 32.8 Å². The van der Waals surface area contributed by atoms with E-state index in [1.54, 1.807) is 41.6 Å². The van der Waals surface area contributed by atoms with Gasteiger partial charge >= 0.3 is 12.0 Å². The summed E-state index contributed by atoms with van der Waals surface area (Å²) in [7, 11) is 0. The van der Waals surface area contributed by atoms with Crippen LogP contribution >= 0.6 is 11.3 Å². The minimum absolute atomic E-state index is 0.0133. The highest BCUT2D eigenvalue weighted by molar-refractivity contribution is 7.22. The number of carboxylic acid groups (broad SMARTS) is 5. The first-order chi connectivity index (χ1) is 27.7. The summed E-state index contributed by atoms with van der Waals surface area (Å²) in [4.78, 5) is 85.4.